The molecule has 0 spiro atoms. The van der Waals surface area contributed by atoms with Crippen molar-refractivity contribution >= 4 is 11.0 Å². The lowest BCUT2D eigenvalue weighted by Crippen LogP contribution is -1.99. The van der Waals surface area contributed by atoms with Crippen LogP contribution in [0.1, 0.15) is 23.6 Å². The van der Waals surface area contributed by atoms with E-state index in [-0.39, 0.29) is 0 Å². The van der Waals surface area contributed by atoms with Crippen molar-refractivity contribution < 1.29 is 0 Å². The lowest BCUT2D eigenvalue weighted by atomic mass is 10.1. The normalized spacial score (nSPS) is 13.8. The first-order valence-corrected chi connectivity index (χ1v) is 7.15. The highest BCUT2D eigenvalue weighted by Gasteiger charge is 2.12. The summed E-state index contributed by atoms with van der Waals surface area (Å²) in [5.41, 5.74) is 7.46. The van der Waals surface area contributed by atoms with E-state index >= 15 is 0 Å². The molecule has 3 aromatic rings. The maximum atomic E-state index is 4.71. The molecule has 100 valence electrons. The van der Waals surface area contributed by atoms with Gasteiger partial charge in [-0.05, 0) is 41.3 Å². The summed E-state index contributed by atoms with van der Waals surface area (Å²) in [6.07, 6.45) is 1.05. The Hall–Kier alpha value is -2.13. The molecule has 0 aliphatic carbocycles. The minimum absolute atomic E-state index is 0.961. The van der Waals surface area contributed by atoms with Gasteiger partial charge in [-0.2, -0.15) is 0 Å². The van der Waals surface area contributed by atoms with Crippen molar-refractivity contribution in [3.63, 3.8) is 0 Å². The van der Waals surface area contributed by atoms with Crippen molar-refractivity contribution in [2.24, 2.45) is 0 Å². The summed E-state index contributed by atoms with van der Waals surface area (Å²) >= 11 is 0. The molecular formula is C17H17N3. The smallest absolute Gasteiger partial charge is 0.138 e. The second kappa shape index (κ2) is 4.46. The number of benzene rings is 2. The average Bonchev–Trinajstić information content (AvgIpc) is 3.11. The van der Waals surface area contributed by atoms with Gasteiger partial charge in [0.1, 0.15) is 5.82 Å². The Balaban J connectivity index is 1.81. The predicted molar refractivity (Wildman–Crippen MR) is 81.5 cm³/mol. The molecule has 0 unspecified atom stereocenters. The standard InChI is InChI=1S/C17H17N3/c1-2-11-3-6-15-16(7-11)20-17(19-15)12-4-5-13-9-18-10-14(13)8-12/h3-8,18H,2,9-10H2,1H3,(H,19,20). The van der Waals surface area contributed by atoms with E-state index in [1.165, 1.54) is 22.3 Å². The number of H-pyrrole nitrogens is 1. The second-order valence-electron chi connectivity index (χ2n) is 5.38. The van der Waals surface area contributed by atoms with Crippen LogP contribution in [0.4, 0.5) is 0 Å². The summed E-state index contributed by atoms with van der Waals surface area (Å²) in [6.45, 7) is 4.12. The predicted octanol–water partition coefficient (Wildman–Crippen LogP) is 3.40. The van der Waals surface area contributed by atoms with E-state index in [1.807, 2.05) is 0 Å². The molecule has 0 radical (unpaired) electrons. The third-order valence-electron chi connectivity index (χ3n) is 4.07. The van der Waals surface area contributed by atoms with E-state index in [9.17, 15) is 0 Å². The van der Waals surface area contributed by atoms with Gasteiger partial charge in [-0.3, -0.25) is 0 Å². The minimum atomic E-state index is 0.961. The quantitative estimate of drug-likeness (QED) is 0.744. The highest BCUT2D eigenvalue weighted by atomic mass is 14.9. The molecule has 1 aromatic heterocycles. The Morgan fingerprint density at radius 2 is 1.95 bits per heavy atom. The number of nitrogens with one attached hydrogen (secondary N) is 2. The molecule has 0 saturated carbocycles. The molecule has 1 aliphatic heterocycles. The van der Waals surface area contributed by atoms with E-state index in [0.29, 0.717) is 0 Å². The molecule has 0 atom stereocenters. The van der Waals surface area contributed by atoms with Crippen LogP contribution >= 0.6 is 0 Å². The molecular weight excluding hydrogens is 246 g/mol. The van der Waals surface area contributed by atoms with Gasteiger partial charge in [-0.25, -0.2) is 4.98 Å². The molecule has 3 heteroatoms. The van der Waals surface area contributed by atoms with Gasteiger partial charge in [0.05, 0.1) is 11.0 Å². The van der Waals surface area contributed by atoms with E-state index in [0.717, 1.165) is 36.4 Å². The maximum Gasteiger partial charge on any atom is 0.138 e. The number of nitrogens with zero attached hydrogens (tertiary/aromatic N) is 1. The minimum Gasteiger partial charge on any atom is -0.338 e. The Bertz CT molecular complexity index is 786. The van der Waals surface area contributed by atoms with Crippen LogP contribution in [0.3, 0.4) is 0 Å². The van der Waals surface area contributed by atoms with Crippen molar-refractivity contribution in [3.05, 3.63) is 53.1 Å². The average molecular weight is 263 g/mol. The van der Waals surface area contributed by atoms with Crippen molar-refractivity contribution in [3.8, 4) is 11.4 Å². The Morgan fingerprint density at radius 1 is 1.05 bits per heavy atom. The molecule has 2 N–H and O–H groups in total. The molecule has 0 amide bonds. The number of hydrogen-bond donors (Lipinski definition) is 2. The summed E-state index contributed by atoms with van der Waals surface area (Å²) in [4.78, 5) is 8.15. The van der Waals surface area contributed by atoms with Crippen molar-refractivity contribution in [2.45, 2.75) is 26.4 Å². The largest absolute Gasteiger partial charge is 0.338 e. The van der Waals surface area contributed by atoms with Gasteiger partial charge < -0.3 is 10.3 Å². The van der Waals surface area contributed by atoms with Crippen LogP contribution in [0, 0.1) is 0 Å². The van der Waals surface area contributed by atoms with E-state index in [1.54, 1.807) is 0 Å². The van der Waals surface area contributed by atoms with Gasteiger partial charge in [0.2, 0.25) is 0 Å². The molecule has 0 bridgehead atoms. The van der Waals surface area contributed by atoms with E-state index in [2.05, 4.69) is 53.6 Å². The Labute approximate surface area is 118 Å². The van der Waals surface area contributed by atoms with Crippen LogP contribution in [0.5, 0.6) is 0 Å². The SMILES string of the molecule is CCc1ccc2nc(-c3ccc4c(c3)CNC4)[nH]c2c1. The third-order valence-corrected chi connectivity index (χ3v) is 4.07. The first kappa shape index (κ1) is 11.7. The van der Waals surface area contributed by atoms with Crippen LogP contribution in [0.2, 0.25) is 0 Å². The van der Waals surface area contributed by atoms with Crippen LogP contribution < -0.4 is 5.32 Å². The number of imidazole rings is 1. The van der Waals surface area contributed by atoms with Crippen LogP contribution in [-0.2, 0) is 19.5 Å². The highest BCUT2D eigenvalue weighted by molar-refractivity contribution is 5.80. The number of rotatable bonds is 2. The number of aromatic amines is 1. The number of hydrogen-bond acceptors (Lipinski definition) is 2. The molecule has 2 aromatic carbocycles. The number of aryl methyl sites for hydroxylation is 1. The topological polar surface area (TPSA) is 40.7 Å². The van der Waals surface area contributed by atoms with E-state index < -0.39 is 0 Å². The lowest BCUT2D eigenvalue weighted by Gasteiger charge is -2.01. The van der Waals surface area contributed by atoms with Gasteiger partial charge in [0.15, 0.2) is 0 Å². The summed E-state index contributed by atoms with van der Waals surface area (Å²) < 4.78 is 0. The summed E-state index contributed by atoms with van der Waals surface area (Å²) in [5.74, 6) is 0.961. The zero-order chi connectivity index (χ0) is 13.5. The molecule has 0 saturated heterocycles. The van der Waals surface area contributed by atoms with Crippen molar-refractivity contribution in [1.82, 2.24) is 15.3 Å². The van der Waals surface area contributed by atoms with Crippen molar-refractivity contribution in [2.75, 3.05) is 0 Å². The fourth-order valence-corrected chi connectivity index (χ4v) is 2.86. The van der Waals surface area contributed by atoms with Crippen LogP contribution in [0.15, 0.2) is 36.4 Å². The fraction of sp³-hybridized carbons (Fsp3) is 0.235. The molecule has 1 aliphatic rings. The zero-order valence-corrected chi connectivity index (χ0v) is 11.5. The van der Waals surface area contributed by atoms with Crippen LogP contribution in [0.25, 0.3) is 22.4 Å². The molecule has 3 nitrogen and oxygen atoms in total. The molecule has 0 fully saturated rings. The first-order valence-electron chi connectivity index (χ1n) is 7.15. The van der Waals surface area contributed by atoms with Gasteiger partial charge in [-0.1, -0.05) is 25.1 Å². The monoisotopic (exact) mass is 263 g/mol. The number of aromatic nitrogens is 2. The summed E-state index contributed by atoms with van der Waals surface area (Å²) in [7, 11) is 0. The Morgan fingerprint density at radius 3 is 2.85 bits per heavy atom. The zero-order valence-electron chi connectivity index (χ0n) is 11.5. The van der Waals surface area contributed by atoms with Gasteiger partial charge in [0.25, 0.3) is 0 Å². The first-order chi connectivity index (χ1) is 9.83. The van der Waals surface area contributed by atoms with E-state index in [4.69, 9.17) is 4.98 Å². The second-order valence-corrected chi connectivity index (χ2v) is 5.38. The fourth-order valence-electron chi connectivity index (χ4n) is 2.86. The third kappa shape index (κ3) is 1.82. The van der Waals surface area contributed by atoms with Crippen molar-refractivity contribution in [1.29, 1.82) is 0 Å². The Kier molecular flexibility index (Phi) is 2.60. The number of fused-ring (bicyclic) bond motifs is 2. The van der Waals surface area contributed by atoms with Gasteiger partial charge in [0, 0.05) is 18.7 Å². The molecule has 20 heavy (non-hydrogen) atoms. The van der Waals surface area contributed by atoms with Gasteiger partial charge in [-0.15, -0.1) is 0 Å². The summed E-state index contributed by atoms with van der Waals surface area (Å²) in [6, 6.07) is 13.1. The lowest BCUT2D eigenvalue weighted by molar-refractivity contribution is 0.765. The molecule has 4 rings (SSSR count). The molecule has 2 heterocycles. The maximum absolute atomic E-state index is 4.71. The van der Waals surface area contributed by atoms with Crippen LogP contribution in [-0.4, -0.2) is 9.97 Å². The highest BCUT2D eigenvalue weighted by Crippen LogP contribution is 2.25. The van der Waals surface area contributed by atoms with Gasteiger partial charge >= 0.3 is 0 Å². The summed E-state index contributed by atoms with van der Waals surface area (Å²) in [5, 5.41) is 3.38.